The molecule has 0 saturated heterocycles. The average molecular weight is 693 g/mol. The van der Waals surface area contributed by atoms with Crippen LogP contribution in [0.15, 0.2) is 188 Å². The van der Waals surface area contributed by atoms with E-state index in [1.54, 1.807) is 0 Å². The third-order valence-electron chi connectivity index (χ3n) is 12.6. The molecule has 7 aromatic carbocycles. The minimum atomic E-state index is -0.471. The zero-order valence-electron chi connectivity index (χ0n) is 30.6. The van der Waals surface area contributed by atoms with E-state index in [2.05, 4.69) is 205 Å². The van der Waals surface area contributed by atoms with Crippen molar-refractivity contribution >= 4 is 44.6 Å². The molecule has 0 N–H and O–H groups in total. The van der Waals surface area contributed by atoms with Gasteiger partial charge in [0.15, 0.2) is 0 Å². The van der Waals surface area contributed by atoms with Crippen molar-refractivity contribution < 1.29 is 0 Å². The van der Waals surface area contributed by atoms with E-state index in [4.69, 9.17) is 0 Å². The van der Waals surface area contributed by atoms with Gasteiger partial charge in [0.1, 0.15) is 0 Å². The van der Waals surface area contributed by atoms with E-state index in [1.165, 1.54) is 72.0 Å². The van der Waals surface area contributed by atoms with Crippen LogP contribution < -0.4 is 4.90 Å². The number of para-hydroxylation sites is 2. The summed E-state index contributed by atoms with van der Waals surface area (Å²) in [7, 11) is 0. The predicted molar refractivity (Wildman–Crippen MR) is 226 cm³/mol. The van der Waals surface area contributed by atoms with Gasteiger partial charge in [-0.2, -0.15) is 0 Å². The van der Waals surface area contributed by atoms with Gasteiger partial charge in [-0.05, 0) is 106 Å². The predicted octanol–water partition coefficient (Wildman–Crippen LogP) is 13.5. The Kier molecular flexibility index (Phi) is 6.67. The Morgan fingerprint density at radius 3 is 1.91 bits per heavy atom. The molecule has 2 heterocycles. The lowest BCUT2D eigenvalue weighted by atomic mass is 9.67. The lowest BCUT2D eigenvalue weighted by Crippen LogP contribution is -2.28. The number of hydrogen-bond donors (Lipinski definition) is 0. The Hall–Kier alpha value is -6.38. The number of aromatic nitrogens is 1. The Morgan fingerprint density at radius 2 is 1.15 bits per heavy atom. The average Bonchev–Trinajstić information content (AvgIpc) is 3.72. The summed E-state index contributed by atoms with van der Waals surface area (Å²) < 4.78 is 2.55. The molecule has 2 nitrogen and oxygen atoms in total. The Labute approximate surface area is 317 Å². The fraction of sp³-hybridized carbons (Fsp3) is 0.115. The van der Waals surface area contributed by atoms with Crippen LogP contribution in [-0.4, -0.2) is 4.57 Å². The quantitative estimate of drug-likeness (QED) is 0.174. The molecule has 0 bridgehead atoms. The van der Waals surface area contributed by atoms with Crippen LogP contribution in [0.2, 0.25) is 0 Å². The smallest absolute Gasteiger partial charge is 0.0714 e. The summed E-state index contributed by atoms with van der Waals surface area (Å²) in [6, 6.07) is 63.2. The van der Waals surface area contributed by atoms with Crippen LogP contribution in [0.4, 0.5) is 17.1 Å². The summed E-state index contributed by atoms with van der Waals surface area (Å²) in [6.07, 6.45) is 6.92. The van der Waals surface area contributed by atoms with Gasteiger partial charge < -0.3 is 9.47 Å². The van der Waals surface area contributed by atoms with Crippen LogP contribution in [0.25, 0.3) is 38.6 Å². The van der Waals surface area contributed by atoms with Crippen LogP contribution >= 0.6 is 0 Å². The molecule has 8 aromatic rings. The number of hydrogen-bond acceptors (Lipinski definition) is 1. The number of nitrogens with zero attached hydrogens (tertiary/aromatic N) is 2. The first-order valence-corrected chi connectivity index (χ1v) is 19.3. The number of benzene rings is 7. The van der Waals surface area contributed by atoms with Crippen molar-refractivity contribution in [3.8, 4) is 11.1 Å². The third-order valence-corrected chi connectivity index (χ3v) is 12.6. The molecule has 0 unspecified atom stereocenters. The summed E-state index contributed by atoms with van der Waals surface area (Å²) in [5.74, 6) is 0. The second kappa shape index (κ2) is 11.6. The molecule has 54 heavy (non-hydrogen) atoms. The normalized spacial score (nSPS) is 16.0. The molecule has 11 rings (SSSR count). The lowest BCUT2D eigenvalue weighted by Gasteiger charge is -2.37. The molecule has 0 spiro atoms. The molecule has 3 aliphatic rings. The van der Waals surface area contributed by atoms with Crippen molar-refractivity contribution in [2.75, 3.05) is 4.90 Å². The number of anilines is 3. The van der Waals surface area contributed by atoms with Crippen molar-refractivity contribution in [2.24, 2.45) is 0 Å². The van der Waals surface area contributed by atoms with Gasteiger partial charge in [-0.15, -0.1) is 0 Å². The largest absolute Gasteiger partial charge is 0.310 e. The first-order chi connectivity index (χ1) is 26.6. The fourth-order valence-electron chi connectivity index (χ4n) is 10.2. The SMILES string of the molecule is CC1(C)C2=C(C=CCC2)n2c3ccc(N(c4ccccc4)c4ccc5c(c4)C(c4ccccc4)(c4ccccc4)c4ccccc4-5)cc3c3cccc1c32. The maximum Gasteiger partial charge on any atom is 0.0714 e. The van der Waals surface area contributed by atoms with E-state index in [-0.39, 0.29) is 5.41 Å². The minimum Gasteiger partial charge on any atom is -0.310 e. The minimum absolute atomic E-state index is 0.0190. The van der Waals surface area contributed by atoms with Gasteiger partial charge in [0.25, 0.3) is 0 Å². The molecular weight excluding hydrogens is 653 g/mol. The molecule has 2 heteroatoms. The summed E-state index contributed by atoms with van der Waals surface area (Å²) >= 11 is 0. The Balaban J connectivity index is 1.17. The second-order valence-electron chi connectivity index (χ2n) is 15.6. The van der Waals surface area contributed by atoms with E-state index < -0.39 is 5.41 Å². The first-order valence-electron chi connectivity index (χ1n) is 19.3. The monoisotopic (exact) mass is 692 g/mol. The van der Waals surface area contributed by atoms with Crippen LogP contribution in [0.1, 0.15) is 54.5 Å². The maximum absolute atomic E-state index is 2.55. The maximum atomic E-state index is 2.55. The zero-order valence-corrected chi connectivity index (χ0v) is 30.6. The van der Waals surface area contributed by atoms with Gasteiger partial charge in [-0.25, -0.2) is 0 Å². The van der Waals surface area contributed by atoms with Gasteiger partial charge >= 0.3 is 0 Å². The van der Waals surface area contributed by atoms with Crippen LogP contribution in [0.3, 0.4) is 0 Å². The Morgan fingerprint density at radius 1 is 0.519 bits per heavy atom. The zero-order chi connectivity index (χ0) is 36.0. The van der Waals surface area contributed by atoms with E-state index in [0.29, 0.717) is 0 Å². The van der Waals surface area contributed by atoms with E-state index in [1.807, 2.05) is 0 Å². The van der Waals surface area contributed by atoms with Crippen LogP contribution in [-0.2, 0) is 10.8 Å². The summed E-state index contributed by atoms with van der Waals surface area (Å²) in [5, 5.41) is 2.60. The van der Waals surface area contributed by atoms with Gasteiger partial charge in [-0.1, -0.05) is 147 Å². The van der Waals surface area contributed by atoms with Gasteiger partial charge in [0.05, 0.1) is 16.4 Å². The van der Waals surface area contributed by atoms with Crippen LogP contribution in [0.5, 0.6) is 0 Å². The van der Waals surface area contributed by atoms with E-state index in [0.717, 1.165) is 29.9 Å². The molecule has 2 aliphatic carbocycles. The van der Waals surface area contributed by atoms with Crippen LogP contribution in [0, 0.1) is 0 Å². The van der Waals surface area contributed by atoms with E-state index in [9.17, 15) is 0 Å². The fourth-order valence-corrected chi connectivity index (χ4v) is 10.2. The first kappa shape index (κ1) is 31.2. The van der Waals surface area contributed by atoms with Gasteiger partial charge in [0.2, 0.25) is 0 Å². The third kappa shape index (κ3) is 4.17. The number of rotatable bonds is 5. The van der Waals surface area contributed by atoms with Crippen molar-refractivity contribution in [3.05, 3.63) is 215 Å². The van der Waals surface area contributed by atoms with Crippen molar-refractivity contribution in [1.82, 2.24) is 4.57 Å². The summed E-state index contributed by atoms with van der Waals surface area (Å²) in [4.78, 5) is 2.45. The summed E-state index contributed by atoms with van der Waals surface area (Å²) in [5.41, 5.74) is 17.6. The van der Waals surface area contributed by atoms with Gasteiger partial charge in [-0.3, -0.25) is 0 Å². The molecule has 0 radical (unpaired) electrons. The van der Waals surface area contributed by atoms with Gasteiger partial charge in [0, 0.05) is 38.9 Å². The highest BCUT2D eigenvalue weighted by Crippen LogP contribution is 2.57. The number of fused-ring (bicyclic) bond motifs is 7. The molecular formula is C52H40N2. The highest BCUT2D eigenvalue weighted by Gasteiger charge is 2.46. The summed E-state index contributed by atoms with van der Waals surface area (Å²) in [6.45, 7) is 4.83. The van der Waals surface area contributed by atoms with Crippen molar-refractivity contribution in [2.45, 2.75) is 37.5 Å². The van der Waals surface area contributed by atoms with Crippen molar-refractivity contribution in [1.29, 1.82) is 0 Å². The molecule has 0 saturated carbocycles. The molecule has 0 atom stereocenters. The molecule has 0 amide bonds. The highest BCUT2D eigenvalue weighted by molar-refractivity contribution is 6.14. The standard InChI is InChI=1S/C52H40N2/c1-51(2)45-26-14-15-28-49(45)54-48-32-30-38(33-43(48)42-24-16-27-46(51)50(42)54)53(37-21-10-5-11-22-37)39-29-31-41-40-23-12-13-25-44(40)52(47(41)34-39,35-17-6-3-7-18-35)36-19-8-4-9-20-36/h3-13,15-25,27-34H,14,26H2,1-2H3. The second-order valence-corrected chi connectivity index (χ2v) is 15.6. The molecule has 1 aromatic heterocycles. The molecule has 1 aliphatic heterocycles. The highest BCUT2D eigenvalue weighted by atomic mass is 15.1. The Bertz CT molecular complexity index is 2800. The number of allylic oxidation sites excluding steroid dienone is 4. The molecule has 0 fully saturated rings. The topological polar surface area (TPSA) is 8.17 Å². The van der Waals surface area contributed by atoms with Crippen molar-refractivity contribution in [3.63, 3.8) is 0 Å². The van der Waals surface area contributed by atoms with E-state index >= 15 is 0 Å². The lowest BCUT2D eigenvalue weighted by molar-refractivity contribution is 0.585. The molecule has 258 valence electrons.